The Morgan fingerprint density at radius 2 is 1.74 bits per heavy atom. The van der Waals surface area contributed by atoms with Crippen LogP contribution in [-0.4, -0.2) is 42.7 Å². The maximum atomic E-state index is 12.9. The lowest BCUT2D eigenvalue weighted by atomic mass is 10.1. The Kier molecular flexibility index (Phi) is 11.2. The fourth-order valence-electron chi connectivity index (χ4n) is 2.81. The van der Waals surface area contributed by atoms with Crippen LogP contribution < -0.4 is 5.48 Å². The summed E-state index contributed by atoms with van der Waals surface area (Å²) in [4.78, 5) is 11.7. The van der Waals surface area contributed by atoms with Crippen LogP contribution in [0.1, 0.15) is 64.2 Å². The molecule has 8 heteroatoms. The largest absolute Gasteiger partial charge is 0.358 e. The highest BCUT2D eigenvalue weighted by atomic mass is 32.2. The molecule has 0 saturated heterocycles. The quantitative estimate of drug-likeness (QED) is 0.216. The molecule has 0 aromatic heterocycles. The van der Waals surface area contributed by atoms with Crippen LogP contribution >= 0.6 is 0 Å². The van der Waals surface area contributed by atoms with Crippen LogP contribution in [0.4, 0.5) is 0 Å². The third kappa shape index (κ3) is 8.38. The number of amides is 1. The molecule has 0 radical (unpaired) electrons. The molecule has 1 aromatic rings. The molecule has 1 unspecified atom stereocenters. The minimum atomic E-state index is -3.75. The number of carbonyl (C=O) groups is 1. The number of hydroxylamine groups is 1. The van der Waals surface area contributed by atoms with E-state index >= 15 is 0 Å². The number of sulfonamides is 1. The third-order valence-electron chi connectivity index (χ3n) is 4.21. The molecule has 7 nitrogen and oxygen atoms in total. The summed E-state index contributed by atoms with van der Waals surface area (Å²) in [6.07, 6.45) is 4.80. The van der Waals surface area contributed by atoms with Gasteiger partial charge in [-0.05, 0) is 18.9 Å². The monoisotopic (exact) mass is 400 g/mol. The number of hydrogen-bond donors (Lipinski definition) is 2. The van der Waals surface area contributed by atoms with Gasteiger partial charge >= 0.3 is 0 Å². The maximum Gasteiger partial charge on any atom is 0.258 e. The van der Waals surface area contributed by atoms with Crippen LogP contribution in [0.5, 0.6) is 0 Å². The van der Waals surface area contributed by atoms with Crippen molar-refractivity contribution in [3.05, 3.63) is 35.9 Å². The molecular weight excluding hydrogens is 368 g/mol. The SMILES string of the molecule is CCCCCCCCS(=O)(=O)N(CC(=O)NO)C(OCC)c1ccccc1. The van der Waals surface area contributed by atoms with Crippen molar-refractivity contribution in [2.24, 2.45) is 0 Å². The Morgan fingerprint density at radius 1 is 1.11 bits per heavy atom. The van der Waals surface area contributed by atoms with Crippen molar-refractivity contribution in [3.63, 3.8) is 0 Å². The van der Waals surface area contributed by atoms with Crippen LogP contribution in [0.25, 0.3) is 0 Å². The number of ether oxygens (including phenoxy) is 1. The predicted octanol–water partition coefficient (Wildman–Crippen LogP) is 3.22. The summed E-state index contributed by atoms with van der Waals surface area (Å²) in [5, 5.41) is 8.87. The highest BCUT2D eigenvalue weighted by Crippen LogP contribution is 2.26. The summed E-state index contributed by atoms with van der Waals surface area (Å²) in [6.45, 7) is 3.67. The second kappa shape index (κ2) is 12.8. The van der Waals surface area contributed by atoms with Crippen LogP contribution in [0.3, 0.4) is 0 Å². The summed E-state index contributed by atoms with van der Waals surface area (Å²) in [6, 6.07) is 8.90. The van der Waals surface area contributed by atoms with E-state index in [9.17, 15) is 13.2 Å². The van der Waals surface area contributed by atoms with Crippen LogP contribution in [-0.2, 0) is 19.6 Å². The van der Waals surface area contributed by atoms with E-state index < -0.39 is 28.7 Å². The summed E-state index contributed by atoms with van der Waals surface area (Å²) in [7, 11) is -3.75. The van der Waals surface area contributed by atoms with Gasteiger partial charge < -0.3 is 4.74 Å². The van der Waals surface area contributed by atoms with Gasteiger partial charge in [0.2, 0.25) is 10.0 Å². The van der Waals surface area contributed by atoms with E-state index in [2.05, 4.69) is 6.92 Å². The van der Waals surface area contributed by atoms with Crippen LogP contribution in [0, 0.1) is 0 Å². The first-order chi connectivity index (χ1) is 13.0. The Hall–Kier alpha value is -1.48. The molecule has 154 valence electrons. The van der Waals surface area contributed by atoms with Crippen molar-refractivity contribution >= 4 is 15.9 Å². The van der Waals surface area contributed by atoms with Crippen LogP contribution in [0.15, 0.2) is 30.3 Å². The molecule has 1 amide bonds. The van der Waals surface area contributed by atoms with E-state index in [-0.39, 0.29) is 12.4 Å². The third-order valence-corrected chi connectivity index (χ3v) is 6.05. The number of carbonyl (C=O) groups excluding carboxylic acids is 1. The lowest BCUT2D eigenvalue weighted by Gasteiger charge is -2.30. The number of hydrogen-bond acceptors (Lipinski definition) is 5. The average Bonchev–Trinajstić information content (AvgIpc) is 2.67. The molecule has 0 saturated carbocycles. The molecule has 0 spiro atoms. The van der Waals surface area contributed by atoms with Crippen molar-refractivity contribution in [2.75, 3.05) is 18.9 Å². The van der Waals surface area contributed by atoms with E-state index in [0.29, 0.717) is 12.0 Å². The van der Waals surface area contributed by atoms with E-state index in [0.717, 1.165) is 36.4 Å². The van der Waals surface area contributed by atoms with Crippen molar-refractivity contribution in [3.8, 4) is 0 Å². The topological polar surface area (TPSA) is 95.9 Å². The molecule has 0 aliphatic rings. The molecule has 0 heterocycles. The Morgan fingerprint density at radius 3 is 2.33 bits per heavy atom. The van der Waals surface area contributed by atoms with Crippen molar-refractivity contribution < 1.29 is 23.2 Å². The molecule has 0 fully saturated rings. The van der Waals surface area contributed by atoms with E-state index in [1.807, 2.05) is 6.07 Å². The predicted molar refractivity (Wildman–Crippen MR) is 105 cm³/mol. The van der Waals surface area contributed by atoms with Gasteiger partial charge in [0.25, 0.3) is 5.91 Å². The summed E-state index contributed by atoms with van der Waals surface area (Å²) >= 11 is 0. The number of nitrogens with zero attached hydrogens (tertiary/aromatic N) is 1. The smallest absolute Gasteiger partial charge is 0.258 e. The fraction of sp³-hybridized carbons (Fsp3) is 0.632. The first kappa shape index (κ1) is 23.6. The van der Waals surface area contributed by atoms with Crippen molar-refractivity contribution in [2.45, 2.75) is 58.6 Å². The van der Waals surface area contributed by atoms with Gasteiger partial charge in [-0.1, -0.05) is 69.4 Å². The average molecular weight is 401 g/mol. The Bertz CT molecular complexity index is 637. The molecule has 1 aromatic carbocycles. The van der Waals surface area contributed by atoms with Gasteiger partial charge in [0.15, 0.2) is 0 Å². The van der Waals surface area contributed by atoms with Gasteiger partial charge in [-0.3, -0.25) is 10.0 Å². The van der Waals surface area contributed by atoms with Gasteiger partial charge in [0.05, 0.1) is 12.3 Å². The molecule has 27 heavy (non-hydrogen) atoms. The molecule has 1 rings (SSSR count). The standard InChI is InChI=1S/C19H32N2O5S/c1-3-5-6-7-8-12-15-27(24,25)21(16-18(22)20-23)19(26-4-2)17-13-10-9-11-14-17/h9-11,13-14,19,23H,3-8,12,15-16H2,1-2H3,(H,20,22). The summed E-state index contributed by atoms with van der Waals surface area (Å²) in [5.74, 6) is -0.865. The number of rotatable bonds is 14. The molecule has 2 N–H and O–H groups in total. The fourth-order valence-corrected chi connectivity index (χ4v) is 4.40. The van der Waals surface area contributed by atoms with Gasteiger partial charge in [0, 0.05) is 6.61 Å². The Balaban J connectivity index is 2.94. The molecule has 0 bridgehead atoms. The van der Waals surface area contributed by atoms with Gasteiger partial charge in [0.1, 0.15) is 6.23 Å². The first-order valence-electron chi connectivity index (χ1n) is 9.55. The van der Waals surface area contributed by atoms with Crippen LogP contribution in [0.2, 0.25) is 0 Å². The van der Waals surface area contributed by atoms with Gasteiger partial charge in [-0.15, -0.1) is 0 Å². The van der Waals surface area contributed by atoms with E-state index in [1.165, 1.54) is 5.48 Å². The summed E-state index contributed by atoms with van der Waals surface area (Å²) < 4.78 is 32.6. The van der Waals surface area contributed by atoms with E-state index in [4.69, 9.17) is 9.94 Å². The van der Waals surface area contributed by atoms with Crippen molar-refractivity contribution in [1.82, 2.24) is 9.79 Å². The lowest BCUT2D eigenvalue weighted by molar-refractivity contribution is -0.132. The minimum absolute atomic E-state index is 0.0613. The highest BCUT2D eigenvalue weighted by molar-refractivity contribution is 7.89. The zero-order valence-corrected chi connectivity index (χ0v) is 17.1. The maximum absolute atomic E-state index is 12.9. The second-order valence-corrected chi connectivity index (χ2v) is 8.42. The molecule has 1 atom stereocenters. The van der Waals surface area contributed by atoms with Crippen molar-refractivity contribution in [1.29, 1.82) is 0 Å². The highest BCUT2D eigenvalue weighted by Gasteiger charge is 2.33. The number of unbranched alkanes of at least 4 members (excludes halogenated alkanes) is 5. The summed E-state index contributed by atoms with van der Waals surface area (Å²) in [5.41, 5.74) is 2.14. The minimum Gasteiger partial charge on any atom is -0.358 e. The number of nitrogens with one attached hydrogen (secondary N) is 1. The second-order valence-electron chi connectivity index (χ2n) is 6.38. The molecular formula is C19H32N2O5S. The molecule has 0 aliphatic heterocycles. The zero-order chi connectivity index (χ0) is 20.1. The first-order valence-corrected chi connectivity index (χ1v) is 11.2. The zero-order valence-electron chi connectivity index (χ0n) is 16.3. The van der Waals surface area contributed by atoms with Gasteiger partial charge in [-0.2, -0.15) is 4.31 Å². The number of benzene rings is 1. The molecule has 0 aliphatic carbocycles. The van der Waals surface area contributed by atoms with E-state index in [1.54, 1.807) is 31.2 Å². The Labute approximate surface area is 162 Å². The lowest BCUT2D eigenvalue weighted by Crippen LogP contribution is -2.44. The normalized spacial score (nSPS) is 12.9. The van der Waals surface area contributed by atoms with Gasteiger partial charge in [-0.25, -0.2) is 13.9 Å².